The zero-order valence-corrected chi connectivity index (χ0v) is 15.0. The summed E-state index contributed by atoms with van der Waals surface area (Å²) >= 11 is 0. The summed E-state index contributed by atoms with van der Waals surface area (Å²) in [5.74, 6) is -0.878. The van der Waals surface area contributed by atoms with E-state index in [1.165, 1.54) is 4.90 Å². The van der Waals surface area contributed by atoms with Crippen LogP contribution in [0.15, 0.2) is 24.4 Å². The molecule has 3 aliphatic rings. The Morgan fingerprint density at radius 3 is 2.63 bits per heavy atom. The lowest BCUT2D eigenvalue weighted by Crippen LogP contribution is -2.65. The zero-order valence-electron chi connectivity index (χ0n) is 15.0. The molecule has 3 atom stereocenters. The van der Waals surface area contributed by atoms with E-state index < -0.39 is 12.1 Å². The molecule has 0 spiro atoms. The van der Waals surface area contributed by atoms with Gasteiger partial charge in [0.05, 0.1) is 5.92 Å². The highest BCUT2D eigenvalue weighted by Crippen LogP contribution is 2.33. The van der Waals surface area contributed by atoms with Crippen LogP contribution in [0.3, 0.4) is 0 Å². The molecule has 144 valence electrons. The summed E-state index contributed by atoms with van der Waals surface area (Å²) in [6, 6.07) is 4.30. The molecule has 4 rings (SSSR count). The van der Waals surface area contributed by atoms with Gasteiger partial charge in [-0.2, -0.15) is 0 Å². The first-order valence-electron chi connectivity index (χ1n) is 9.52. The topological polar surface area (TPSA) is 82.6 Å². The van der Waals surface area contributed by atoms with E-state index in [1.54, 1.807) is 29.3 Å². The molecule has 7 nitrogen and oxygen atoms in total. The molecular formula is C19H23FN4O3. The van der Waals surface area contributed by atoms with E-state index in [-0.39, 0.29) is 36.3 Å². The van der Waals surface area contributed by atoms with Gasteiger partial charge in [0.15, 0.2) is 0 Å². The van der Waals surface area contributed by atoms with Gasteiger partial charge in [0.1, 0.15) is 11.9 Å². The van der Waals surface area contributed by atoms with Crippen molar-refractivity contribution in [3.05, 3.63) is 30.1 Å². The van der Waals surface area contributed by atoms with Crippen LogP contribution >= 0.6 is 0 Å². The molecule has 1 aromatic heterocycles. The van der Waals surface area contributed by atoms with Gasteiger partial charge in [0.25, 0.3) is 5.91 Å². The van der Waals surface area contributed by atoms with Crippen LogP contribution in [0, 0.1) is 5.92 Å². The number of piperidine rings is 1. The number of carbonyl (C=O) groups excluding carboxylic acids is 3. The summed E-state index contributed by atoms with van der Waals surface area (Å²) in [6.45, 7) is 0.911. The first-order valence-corrected chi connectivity index (χ1v) is 9.52. The van der Waals surface area contributed by atoms with Crippen LogP contribution in [0.5, 0.6) is 0 Å². The molecule has 0 bridgehead atoms. The largest absolute Gasteiger partial charge is 0.337 e. The highest BCUT2D eigenvalue weighted by molar-refractivity contribution is 5.99. The van der Waals surface area contributed by atoms with Crippen molar-refractivity contribution in [2.75, 3.05) is 13.1 Å². The number of likely N-dealkylation sites (tertiary alicyclic amines) is 1. The van der Waals surface area contributed by atoms with Crippen molar-refractivity contribution in [1.29, 1.82) is 0 Å². The van der Waals surface area contributed by atoms with Gasteiger partial charge in [-0.15, -0.1) is 0 Å². The number of urea groups is 1. The lowest BCUT2D eigenvalue weighted by molar-refractivity contribution is -0.140. The fraction of sp³-hybridized carbons (Fsp3) is 0.579. The fourth-order valence-electron chi connectivity index (χ4n) is 4.40. The van der Waals surface area contributed by atoms with Crippen LogP contribution in [-0.2, 0) is 4.79 Å². The molecule has 2 saturated heterocycles. The third kappa shape index (κ3) is 3.40. The number of fused-ring (bicyclic) bond motifs is 1. The minimum atomic E-state index is -0.982. The van der Waals surface area contributed by atoms with Crippen LogP contribution < -0.4 is 5.32 Å². The van der Waals surface area contributed by atoms with Crippen molar-refractivity contribution in [1.82, 2.24) is 20.1 Å². The highest BCUT2D eigenvalue weighted by Gasteiger charge is 2.47. The number of halogens is 1. The number of imide groups is 1. The lowest BCUT2D eigenvalue weighted by atomic mass is 9.80. The third-order valence-corrected chi connectivity index (χ3v) is 5.87. The van der Waals surface area contributed by atoms with Crippen molar-refractivity contribution in [2.45, 2.75) is 50.4 Å². The second-order valence-electron chi connectivity index (χ2n) is 7.52. The van der Waals surface area contributed by atoms with Crippen LogP contribution in [0.1, 0.15) is 42.6 Å². The van der Waals surface area contributed by atoms with Gasteiger partial charge in [0.2, 0.25) is 5.91 Å². The molecule has 0 radical (unpaired) electrons. The number of aromatic nitrogens is 1. The Hall–Kier alpha value is -2.51. The minimum Gasteiger partial charge on any atom is -0.337 e. The molecule has 1 saturated carbocycles. The van der Waals surface area contributed by atoms with E-state index in [9.17, 15) is 18.8 Å². The Bertz CT molecular complexity index is 736. The molecule has 1 aliphatic carbocycles. The number of rotatable bonds is 2. The zero-order chi connectivity index (χ0) is 19.0. The van der Waals surface area contributed by atoms with Crippen molar-refractivity contribution in [3.8, 4) is 0 Å². The molecule has 4 amide bonds. The Morgan fingerprint density at radius 1 is 1.15 bits per heavy atom. The second-order valence-corrected chi connectivity index (χ2v) is 7.52. The number of hydrogen-bond acceptors (Lipinski definition) is 4. The van der Waals surface area contributed by atoms with E-state index in [0.29, 0.717) is 44.5 Å². The average molecular weight is 374 g/mol. The van der Waals surface area contributed by atoms with Gasteiger partial charge >= 0.3 is 6.03 Å². The second kappa shape index (κ2) is 7.25. The number of nitrogens with one attached hydrogen (secondary N) is 1. The summed E-state index contributed by atoms with van der Waals surface area (Å²) in [5.41, 5.74) is 0.391. The normalized spacial score (nSPS) is 29.3. The Labute approximate surface area is 156 Å². The van der Waals surface area contributed by atoms with Crippen LogP contribution in [0.25, 0.3) is 0 Å². The SMILES string of the molecule is O=C(c1ccccn1)N1CCC(N2C(=O)NC3CCC(F)CC3C2=O)CC1. The van der Waals surface area contributed by atoms with Crippen molar-refractivity contribution >= 4 is 17.8 Å². The van der Waals surface area contributed by atoms with Gasteiger partial charge in [-0.25, -0.2) is 9.18 Å². The Balaban J connectivity index is 1.41. The van der Waals surface area contributed by atoms with Gasteiger partial charge in [-0.3, -0.25) is 19.5 Å². The number of hydrogen-bond donors (Lipinski definition) is 1. The van der Waals surface area contributed by atoms with E-state index in [0.717, 1.165) is 0 Å². The molecule has 0 aromatic carbocycles. The van der Waals surface area contributed by atoms with Crippen LogP contribution in [0.4, 0.5) is 9.18 Å². The molecule has 3 heterocycles. The summed E-state index contributed by atoms with van der Waals surface area (Å²) in [6.07, 6.45) is 2.72. The molecule has 27 heavy (non-hydrogen) atoms. The van der Waals surface area contributed by atoms with Gasteiger partial charge in [-0.05, 0) is 44.2 Å². The molecule has 3 fully saturated rings. The predicted octanol–water partition coefficient (Wildman–Crippen LogP) is 1.74. The van der Waals surface area contributed by atoms with E-state index in [4.69, 9.17) is 0 Å². The first-order chi connectivity index (χ1) is 13.0. The summed E-state index contributed by atoms with van der Waals surface area (Å²) in [7, 11) is 0. The van der Waals surface area contributed by atoms with Gasteiger partial charge in [0, 0.05) is 31.4 Å². The van der Waals surface area contributed by atoms with Gasteiger partial charge < -0.3 is 10.2 Å². The fourth-order valence-corrected chi connectivity index (χ4v) is 4.40. The maximum atomic E-state index is 13.8. The third-order valence-electron chi connectivity index (χ3n) is 5.87. The Morgan fingerprint density at radius 2 is 1.93 bits per heavy atom. The van der Waals surface area contributed by atoms with E-state index in [1.807, 2.05) is 0 Å². The maximum absolute atomic E-state index is 13.8. The number of nitrogens with zero attached hydrogens (tertiary/aromatic N) is 3. The summed E-state index contributed by atoms with van der Waals surface area (Å²) in [4.78, 5) is 44.9. The number of amides is 4. The number of carbonyl (C=O) groups is 3. The van der Waals surface area contributed by atoms with Crippen LogP contribution in [0.2, 0.25) is 0 Å². The monoisotopic (exact) mass is 374 g/mol. The minimum absolute atomic E-state index is 0.143. The molecule has 3 unspecified atom stereocenters. The van der Waals surface area contributed by atoms with E-state index in [2.05, 4.69) is 10.3 Å². The molecule has 2 aliphatic heterocycles. The quantitative estimate of drug-likeness (QED) is 0.855. The number of alkyl halides is 1. The molecule has 8 heteroatoms. The number of pyridine rings is 1. The summed E-state index contributed by atoms with van der Waals surface area (Å²) in [5, 5.41) is 2.89. The predicted molar refractivity (Wildman–Crippen MR) is 94.6 cm³/mol. The maximum Gasteiger partial charge on any atom is 0.324 e. The van der Waals surface area contributed by atoms with E-state index >= 15 is 0 Å². The molecule has 1 aromatic rings. The standard InChI is InChI=1S/C19H23FN4O3/c20-12-4-5-15-14(11-12)17(25)24(19(27)22-15)13-6-9-23(10-7-13)18(26)16-3-1-2-8-21-16/h1-3,8,12-15H,4-7,9-11H2,(H,22,27). The molecule has 1 N–H and O–H groups in total. The Kier molecular flexibility index (Phi) is 4.80. The van der Waals surface area contributed by atoms with Crippen molar-refractivity contribution in [2.24, 2.45) is 5.92 Å². The summed E-state index contributed by atoms with van der Waals surface area (Å²) < 4.78 is 13.8. The van der Waals surface area contributed by atoms with Crippen molar-refractivity contribution < 1.29 is 18.8 Å². The first kappa shape index (κ1) is 17.9. The lowest BCUT2D eigenvalue weighted by Gasteiger charge is -2.45. The highest BCUT2D eigenvalue weighted by atomic mass is 19.1. The average Bonchev–Trinajstić information content (AvgIpc) is 2.69. The van der Waals surface area contributed by atoms with Gasteiger partial charge in [-0.1, -0.05) is 6.07 Å². The smallest absolute Gasteiger partial charge is 0.324 e. The molecular weight excluding hydrogens is 351 g/mol. The van der Waals surface area contributed by atoms with Crippen LogP contribution in [-0.4, -0.2) is 64.0 Å². The van der Waals surface area contributed by atoms with Crippen molar-refractivity contribution in [3.63, 3.8) is 0 Å².